The highest BCUT2D eigenvalue weighted by molar-refractivity contribution is 7.12. The van der Waals surface area contributed by atoms with Gasteiger partial charge in [0, 0.05) is 17.1 Å². The molecule has 1 N–H and O–H groups in total. The van der Waals surface area contributed by atoms with Crippen molar-refractivity contribution in [3.63, 3.8) is 0 Å². The SMILES string of the molecule is Cc1cc(C)n2nc(C(=O)Oc3ccc(NC(=O)c4cccs4)cc3)nc2n1. The molecule has 1 aromatic carbocycles. The van der Waals surface area contributed by atoms with E-state index in [9.17, 15) is 9.59 Å². The van der Waals surface area contributed by atoms with Crippen molar-refractivity contribution in [2.24, 2.45) is 0 Å². The zero-order chi connectivity index (χ0) is 19.7. The number of nitrogens with zero attached hydrogens (tertiary/aromatic N) is 4. The van der Waals surface area contributed by atoms with Crippen LogP contribution in [0.3, 0.4) is 0 Å². The Morgan fingerprint density at radius 2 is 1.89 bits per heavy atom. The lowest BCUT2D eigenvalue weighted by Crippen LogP contribution is -2.12. The number of aromatic nitrogens is 4. The minimum absolute atomic E-state index is 0.0729. The second-order valence-corrected chi connectivity index (χ2v) is 6.98. The molecule has 9 heteroatoms. The van der Waals surface area contributed by atoms with Crippen LogP contribution in [-0.2, 0) is 0 Å². The molecule has 0 unspecified atom stereocenters. The predicted octanol–water partition coefficient (Wildman–Crippen LogP) is 3.27. The number of fused-ring (bicyclic) bond motifs is 1. The lowest BCUT2D eigenvalue weighted by atomic mass is 10.3. The third-order valence-electron chi connectivity index (χ3n) is 3.87. The molecule has 1 amide bonds. The van der Waals surface area contributed by atoms with Crippen LogP contribution in [0.2, 0.25) is 0 Å². The molecule has 0 spiro atoms. The molecule has 0 saturated carbocycles. The molecule has 140 valence electrons. The molecule has 0 atom stereocenters. The number of carbonyl (C=O) groups excluding carboxylic acids is 2. The first kappa shape index (κ1) is 17.8. The number of nitrogens with one attached hydrogen (secondary N) is 1. The van der Waals surface area contributed by atoms with E-state index in [4.69, 9.17) is 4.74 Å². The van der Waals surface area contributed by atoms with Crippen LogP contribution < -0.4 is 10.1 Å². The first-order valence-corrected chi connectivity index (χ1v) is 9.26. The zero-order valence-electron chi connectivity index (χ0n) is 15.0. The molecule has 4 rings (SSSR count). The van der Waals surface area contributed by atoms with E-state index in [0.29, 0.717) is 22.1 Å². The number of aryl methyl sites for hydroxylation is 2. The smallest absolute Gasteiger partial charge is 0.383 e. The van der Waals surface area contributed by atoms with E-state index in [-0.39, 0.29) is 11.7 Å². The van der Waals surface area contributed by atoms with Crippen molar-refractivity contribution in [3.8, 4) is 5.75 Å². The van der Waals surface area contributed by atoms with Gasteiger partial charge < -0.3 is 10.1 Å². The maximum absolute atomic E-state index is 12.3. The van der Waals surface area contributed by atoms with Crippen LogP contribution in [0.5, 0.6) is 5.75 Å². The van der Waals surface area contributed by atoms with Crippen molar-refractivity contribution in [3.05, 3.63) is 69.9 Å². The van der Waals surface area contributed by atoms with E-state index in [1.165, 1.54) is 15.9 Å². The second-order valence-electron chi connectivity index (χ2n) is 6.03. The molecule has 0 fully saturated rings. The van der Waals surface area contributed by atoms with E-state index in [1.54, 1.807) is 30.3 Å². The largest absolute Gasteiger partial charge is 0.421 e. The Hall–Kier alpha value is -3.59. The summed E-state index contributed by atoms with van der Waals surface area (Å²) in [7, 11) is 0. The van der Waals surface area contributed by atoms with E-state index >= 15 is 0 Å². The first-order valence-electron chi connectivity index (χ1n) is 8.38. The van der Waals surface area contributed by atoms with Crippen molar-refractivity contribution >= 4 is 34.7 Å². The molecule has 0 saturated heterocycles. The molecule has 0 aliphatic carbocycles. The third kappa shape index (κ3) is 3.60. The van der Waals surface area contributed by atoms with Crippen LogP contribution in [0, 0.1) is 13.8 Å². The summed E-state index contributed by atoms with van der Waals surface area (Å²) in [5.41, 5.74) is 2.21. The van der Waals surface area contributed by atoms with Gasteiger partial charge in [0.15, 0.2) is 0 Å². The molecule has 0 aliphatic heterocycles. The number of rotatable bonds is 4. The maximum Gasteiger partial charge on any atom is 0.383 e. The standard InChI is InChI=1S/C19H15N5O3S/c1-11-10-12(2)24-19(20-11)22-16(23-24)18(26)27-14-7-5-13(6-8-14)21-17(25)15-4-3-9-28-15/h3-10H,1-2H3,(H,21,25). The minimum atomic E-state index is -0.682. The Balaban J connectivity index is 1.46. The van der Waals surface area contributed by atoms with E-state index < -0.39 is 5.97 Å². The van der Waals surface area contributed by atoms with E-state index in [1.807, 2.05) is 31.4 Å². The summed E-state index contributed by atoms with van der Waals surface area (Å²) in [6.45, 7) is 3.70. The summed E-state index contributed by atoms with van der Waals surface area (Å²) in [6.07, 6.45) is 0. The van der Waals surface area contributed by atoms with Crippen LogP contribution in [0.4, 0.5) is 5.69 Å². The van der Waals surface area contributed by atoms with Gasteiger partial charge in [0.2, 0.25) is 0 Å². The molecule has 0 bridgehead atoms. The van der Waals surface area contributed by atoms with Gasteiger partial charge in [-0.15, -0.1) is 16.4 Å². The topological polar surface area (TPSA) is 98.5 Å². The van der Waals surface area contributed by atoms with Crippen LogP contribution >= 0.6 is 11.3 Å². The van der Waals surface area contributed by atoms with Crippen molar-refractivity contribution in [1.82, 2.24) is 19.6 Å². The molecule has 28 heavy (non-hydrogen) atoms. The molecule has 3 aromatic heterocycles. The third-order valence-corrected chi connectivity index (χ3v) is 4.74. The number of ether oxygens (including phenoxy) is 1. The van der Waals surface area contributed by atoms with Gasteiger partial charge in [-0.1, -0.05) is 6.07 Å². The van der Waals surface area contributed by atoms with Gasteiger partial charge in [-0.3, -0.25) is 4.79 Å². The van der Waals surface area contributed by atoms with Crippen LogP contribution in [-0.4, -0.2) is 31.5 Å². The molecule has 4 aromatic rings. The first-order chi connectivity index (χ1) is 13.5. The highest BCUT2D eigenvalue weighted by Crippen LogP contribution is 2.18. The monoisotopic (exact) mass is 393 g/mol. The summed E-state index contributed by atoms with van der Waals surface area (Å²) in [5.74, 6) is -0.282. The Labute approximate surface area is 163 Å². The van der Waals surface area contributed by atoms with Crippen LogP contribution in [0.25, 0.3) is 5.78 Å². The molecular formula is C19H15N5O3S. The van der Waals surface area contributed by atoms with Gasteiger partial charge in [-0.2, -0.15) is 4.98 Å². The fourth-order valence-electron chi connectivity index (χ4n) is 2.61. The predicted molar refractivity (Wildman–Crippen MR) is 104 cm³/mol. The average molecular weight is 393 g/mol. The Morgan fingerprint density at radius 3 is 2.61 bits per heavy atom. The number of thiophene rings is 1. The normalized spacial score (nSPS) is 10.8. The number of esters is 1. The highest BCUT2D eigenvalue weighted by Gasteiger charge is 2.17. The van der Waals surface area contributed by atoms with Gasteiger partial charge >= 0.3 is 5.97 Å². The summed E-state index contributed by atoms with van der Waals surface area (Å²) in [6, 6.07) is 11.9. The average Bonchev–Trinajstić information content (AvgIpc) is 3.33. The van der Waals surface area contributed by atoms with Crippen molar-refractivity contribution in [2.45, 2.75) is 13.8 Å². The van der Waals surface area contributed by atoms with Gasteiger partial charge in [-0.25, -0.2) is 14.3 Å². The zero-order valence-corrected chi connectivity index (χ0v) is 15.9. The summed E-state index contributed by atoms with van der Waals surface area (Å²) in [4.78, 5) is 33.4. The van der Waals surface area contributed by atoms with Gasteiger partial charge in [0.25, 0.3) is 17.5 Å². The summed E-state index contributed by atoms with van der Waals surface area (Å²) < 4.78 is 6.81. The van der Waals surface area contributed by atoms with Crippen molar-refractivity contribution < 1.29 is 14.3 Å². The second kappa shape index (κ2) is 7.20. The lowest BCUT2D eigenvalue weighted by molar-refractivity contribution is 0.0722. The van der Waals surface area contributed by atoms with Crippen LogP contribution in [0.1, 0.15) is 31.7 Å². The van der Waals surface area contributed by atoms with Gasteiger partial charge in [0.05, 0.1) is 4.88 Å². The number of hydrogen-bond donors (Lipinski definition) is 1. The Morgan fingerprint density at radius 1 is 1.11 bits per heavy atom. The number of amides is 1. The number of anilines is 1. The van der Waals surface area contributed by atoms with Gasteiger partial charge in [0.1, 0.15) is 5.75 Å². The fraction of sp³-hybridized carbons (Fsp3) is 0.105. The molecule has 0 radical (unpaired) electrons. The van der Waals surface area contributed by atoms with E-state index in [2.05, 4.69) is 20.4 Å². The lowest BCUT2D eigenvalue weighted by Gasteiger charge is -2.05. The Bertz CT molecular complexity index is 1170. The molecule has 3 heterocycles. The quantitative estimate of drug-likeness (QED) is 0.422. The number of hydrogen-bond acceptors (Lipinski definition) is 7. The molecule has 0 aliphatic rings. The van der Waals surface area contributed by atoms with Crippen molar-refractivity contribution in [1.29, 1.82) is 0 Å². The highest BCUT2D eigenvalue weighted by atomic mass is 32.1. The molecule has 8 nitrogen and oxygen atoms in total. The summed E-state index contributed by atoms with van der Waals surface area (Å²) in [5, 5.41) is 8.76. The van der Waals surface area contributed by atoms with Crippen LogP contribution in [0.15, 0.2) is 47.8 Å². The Kier molecular flexibility index (Phi) is 4.58. The minimum Gasteiger partial charge on any atom is -0.421 e. The van der Waals surface area contributed by atoms with Crippen molar-refractivity contribution in [2.75, 3.05) is 5.32 Å². The number of benzene rings is 1. The maximum atomic E-state index is 12.3. The fourth-order valence-corrected chi connectivity index (χ4v) is 3.23. The molecular weight excluding hydrogens is 378 g/mol. The summed E-state index contributed by atoms with van der Waals surface area (Å²) >= 11 is 1.36. The van der Waals surface area contributed by atoms with Gasteiger partial charge in [-0.05, 0) is 55.6 Å². The number of carbonyl (C=O) groups is 2. The van der Waals surface area contributed by atoms with E-state index in [0.717, 1.165) is 11.4 Å².